The van der Waals surface area contributed by atoms with E-state index in [1.165, 1.54) is 25.7 Å². The predicted octanol–water partition coefficient (Wildman–Crippen LogP) is 2.02. The van der Waals surface area contributed by atoms with Crippen molar-refractivity contribution in [2.75, 3.05) is 13.6 Å². The topological polar surface area (TPSA) is 32.3 Å². The summed E-state index contributed by atoms with van der Waals surface area (Å²) in [6, 6.07) is 0.435. The van der Waals surface area contributed by atoms with Gasteiger partial charge in [0.2, 0.25) is 5.91 Å². The van der Waals surface area contributed by atoms with Crippen LogP contribution in [0.2, 0.25) is 0 Å². The fourth-order valence-corrected chi connectivity index (χ4v) is 2.40. The number of nitrogens with zero attached hydrogens (tertiary/aromatic N) is 1. The molecule has 3 heteroatoms. The Morgan fingerprint density at radius 1 is 1.31 bits per heavy atom. The van der Waals surface area contributed by atoms with E-state index in [1.807, 2.05) is 14.0 Å². The van der Waals surface area contributed by atoms with Gasteiger partial charge in [-0.2, -0.15) is 0 Å². The molecule has 1 saturated carbocycles. The minimum Gasteiger partial charge on any atom is -0.338 e. The highest BCUT2D eigenvalue weighted by Crippen LogP contribution is 2.24. The maximum absolute atomic E-state index is 12.3. The summed E-state index contributed by atoms with van der Waals surface area (Å²) in [5.74, 6) is 0.816. The Hall–Kier alpha value is -0.570. The molecule has 0 saturated heterocycles. The summed E-state index contributed by atoms with van der Waals surface area (Å²) >= 11 is 0. The summed E-state index contributed by atoms with van der Waals surface area (Å²) in [4.78, 5) is 14.4. The lowest BCUT2D eigenvalue weighted by Gasteiger charge is -2.32. The second-order valence-electron chi connectivity index (χ2n) is 5.33. The maximum atomic E-state index is 12.3. The van der Waals surface area contributed by atoms with Crippen LogP contribution in [0.25, 0.3) is 0 Å². The van der Waals surface area contributed by atoms with E-state index in [-0.39, 0.29) is 11.9 Å². The fourth-order valence-electron chi connectivity index (χ4n) is 2.40. The van der Waals surface area contributed by atoms with Gasteiger partial charge in [-0.1, -0.05) is 26.7 Å². The zero-order valence-corrected chi connectivity index (χ0v) is 11.1. The summed E-state index contributed by atoms with van der Waals surface area (Å²) in [5, 5.41) is 3.05. The maximum Gasteiger partial charge on any atom is 0.239 e. The summed E-state index contributed by atoms with van der Waals surface area (Å²) in [6.45, 7) is 7.21. The molecule has 0 aromatic heterocycles. The van der Waals surface area contributed by atoms with E-state index in [0.29, 0.717) is 12.0 Å². The zero-order chi connectivity index (χ0) is 12.1. The van der Waals surface area contributed by atoms with Gasteiger partial charge in [-0.15, -0.1) is 0 Å². The van der Waals surface area contributed by atoms with Crippen LogP contribution in [0.1, 0.15) is 46.5 Å². The van der Waals surface area contributed by atoms with Crippen LogP contribution in [0.4, 0.5) is 0 Å². The molecule has 1 rings (SSSR count). The van der Waals surface area contributed by atoms with E-state index >= 15 is 0 Å². The van der Waals surface area contributed by atoms with Gasteiger partial charge in [0, 0.05) is 12.6 Å². The van der Waals surface area contributed by atoms with E-state index in [4.69, 9.17) is 0 Å². The molecule has 1 amide bonds. The monoisotopic (exact) mass is 226 g/mol. The number of hydrogen-bond acceptors (Lipinski definition) is 2. The molecule has 1 fully saturated rings. The lowest BCUT2D eigenvalue weighted by Crippen LogP contribution is -2.49. The number of nitrogens with one attached hydrogen (secondary N) is 1. The Morgan fingerprint density at radius 3 is 2.31 bits per heavy atom. The van der Waals surface area contributed by atoms with Gasteiger partial charge in [-0.05, 0) is 32.7 Å². The van der Waals surface area contributed by atoms with Crippen molar-refractivity contribution in [3.63, 3.8) is 0 Å². The van der Waals surface area contributed by atoms with Gasteiger partial charge in [-0.3, -0.25) is 4.79 Å². The van der Waals surface area contributed by atoms with Gasteiger partial charge < -0.3 is 10.2 Å². The second kappa shape index (κ2) is 6.24. The molecule has 0 aromatic rings. The highest BCUT2D eigenvalue weighted by Gasteiger charge is 2.29. The van der Waals surface area contributed by atoms with E-state index in [2.05, 4.69) is 24.1 Å². The van der Waals surface area contributed by atoms with Gasteiger partial charge in [0.15, 0.2) is 0 Å². The van der Waals surface area contributed by atoms with Crippen LogP contribution in [0.15, 0.2) is 0 Å². The molecular formula is C13H26N2O. The van der Waals surface area contributed by atoms with Crippen molar-refractivity contribution in [3.05, 3.63) is 0 Å². The first-order chi connectivity index (χ1) is 7.56. The molecule has 1 aliphatic carbocycles. The van der Waals surface area contributed by atoms with E-state index in [1.54, 1.807) is 0 Å². The molecule has 0 aliphatic heterocycles. The third-order valence-corrected chi connectivity index (χ3v) is 3.41. The first kappa shape index (κ1) is 13.5. The Labute approximate surface area is 99.6 Å². The average molecular weight is 226 g/mol. The smallest absolute Gasteiger partial charge is 0.239 e. The first-order valence-electron chi connectivity index (χ1n) is 6.54. The molecular weight excluding hydrogens is 200 g/mol. The molecule has 16 heavy (non-hydrogen) atoms. The lowest BCUT2D eigenvalue weighted by molar-refractivity contribution is -0.135. The van der Waals surface area contributed by atoms with E-state index in [0.717, 1.165) is 6.54 Å². The van der Waals surface area contributed by atoms with Crippen molar-refractivity contribution in [1.82, 2.24) is 10.2 Å². The first-order valence-corrected chi connectivity index (χ1v) is 6.54. The van der Waals surface area contributed by atoms with Crippen LogP contribution < -0.4 is 5.32 Å². The molecule has 3 nitrogen and oxygen atoms in total. The van der Waals surface area contributed by atoms with Gasteiger partial charge in [0.25, 0.3) is 0 Å². The van der Waals surface area contributed by atoms with Gasteiger partial charge in [-0.25, -0.2) is 0 Å². The number of hydrogen-bond donors (Lipinski definition) is 1. The second-order valence-corrected chi connectivity index (χ2v) is 5.33. The van der Waals surface area contributed by atoms with Crippen molar-refractivity contribution in [1.29, 1.82) is 0 Å². The van der Waals surface area contributed by atoms with Crippen molar-refractivity contribution in [2.45, 2.75) is 58.5 Å². The Bertz CT molecular complexity index is 222. The summed E-state index contributed by atoms with van der Waals surface area (Å²) < 4.78 is 0. The standard InChI is InChI=1S/C13H26N2O/c1-10(2)9-15(12-7-5-6-8-12)13(16)11(3)14-4/h10-12,14H,5-9H2,1-4H3. The highest BCUT2D eigenvalue weighted by molar-refractivity contribution is 5.81. The number of likely N-dealkylation sites (N-methyl/N-ethyl adjacent to an activating group) is 1. The quantitative estimate of drug-likeness (QED) is 0.778. The Morgan fingerprint density at radius 2 is 1.88 bits per heavy atom. The van der Waals surface area contributed by atoms with Gasteiger partial charge >= 0.3 is 0 Å². The van der Waals surface area contributed by atoms with Crippen molar-refractivity contribution < 1.29 is 4.79 Å². The summed E-state index contributed by atoms with van der Waals surface area (Å²) in [6.07, 6.45) is 4.94. The third kappa shape index (κ3) is 3.48. The van der Waals surface area contributed by atoms with Crippen molar-refractivity contribution >= 4 is 5.91 Å². The van der Waals surface area contributed by atoms with Crippen LogP contribution in [-0.4, -0.2) is 36.5 Å². The lowest BCUT2D eigenvalue weighted by atomic mass is 10.1. The molecule has 0 heterocycles. The molecule has 0 aromatic carbocycles. The van der Waals surface area contributed by atoms with E-state index < -0.39 is 0 Å². The Kier molecular flexibility index (Phi) is 5.26. The predicted molar refractivity (Wildman–Crippen MR) is 67.3 cm³/mol. The number of rotatable bonds is 5. The molecule has 0 bridgehead atoms. The van der Waals surface area contributed by atoms with E-state index in [9.17, 15) is 4.79 Å². The third-order valence-electron chi connectivity index (χ3n) is 3.41. The van der Waals surface area contributed by atoms with Crippen LogP contribution in [0.3, 0.4) is 0 Å². The van der Waals surface area contributed by atoms with Gasteiger partial charge in [0.1, 0.15) is 0 Å². The molecule has 94 valence electrons. The fraction of sp³-hybridized carbons (Fsp3) is 0.923. The number of carbonyl (C=O) groups excluding carboxylic acids is 1. The number of amides is 1. The molecule has 0 radical (unpaired) electrons. The zero-order valence-electron chi connectivity index (χ0n) is 11.1. The molecule has 1 atom stereocenters. The minimum atomic E-state index is -0.0562. The Balaban J connectivity index is 2.65. The molecule has 1 unspecified atom stereocenters. The normalized spacial score (nSPS) is 19.1. The van der Waals surface area contributed by atoms with Crippen molar-refractivity contribution in [3.8, 4) is 0 Å². The van der Waals surface area contributed by atoms with Crippen LogP contribution in [0, 0.1) is 5.92 Å². The van der Waals surface area contributed by atoms with Crippen molar-refractivity contribution in [2.24, 2.45) is 5.92 Å². The van der Waals surface area contributed by atoms with Crippen LogP contribution in [0.5, 0.6) is 0 Å². The molecule has 1 aliphatic rings. The van der Waals surface area contributed by atoms with Crippen LogP contribution in [-0.2, 0) is 4.79 Å². The highest BCUT2D eigenvalue weighted by atomic mass is 16.2. The number of carbonyl (C=O) groups is 1. The summed E-state index contributed by atoms with van der Waals surface area (Å²) in [5.41, 5.74) is 0. The largest absolute Gasteiger partial charge is 0.338 e. The molecule has 1 N–H and O–H groups in total. The SMILES string of the molecule is CNC(C)C(=O)N(CC(C)C)C1CCCC1. The summed E-state index contributed by atoms with van der Waals surface area (Å²) in [7, 11) is 1.85. The van der Waals surface area contributed by atoms with Gasteiger partial charge in [0.05, 0.1) is 6.04 Å². The average Bonchev–Trinajstić information content (AvgIpc) is 2.76. The van der Waals surface area contributed by atoms with Crippen LogP contribution >= 0.6 is 0 Å². The molecule has 0 spiro atoms. The minimum absolute atomic E-state index is 0.0562.